The van der Waals surface area contributed by atoms with Gasteiger partial charge in [-0.15, -0.1) is 11.8 Å². The molecule has 0 bridgehead atoms. The fourth-order valence-corrected chi connectivity index (χ4v) is 1.62. The number of carbonyl (C=O) groups is 1. The molecule has 0 heterocycles. The minimum atomic E-state index is -0.332. The van der Waals surface area contributed by atoms with Gasteiger partial charge in [-0.2, -0.15) is 0 Å². The van der Waals surface area contributed by atoms with E-state index < -0.39 is 0 Å². The van der Waals surface area contributed by atoms with E-state index in [1.165, 1.54) is 13.2 Å². The average Bonchev–Trinajstić information content (AvgIpc) is 2.26. The molecule has 0 fully saturated rings. The lowest BCUT2D eigenvalue weighted by Gasteiger charge is -2.00. The zero-order chi connectivity index (χ0) is 10.4. The number of rotatable bonds is 3. The summed E-state index contributed by atoms with van der Waals surface area (Å²) in [6.07, 6.45) is 5.19. The molecular formula is C11H12O2S. The Morgan fingerprint density at radius 1 is 1.43 bits per heavy atom. The first-order chi connectivity index (χ1) is 6.77. The van der Waals surface area contributed by atoms with Crippen LogP contribution in [0.4, 0.5) is 0 Å². The van der Waals surface area contributed by atoms with Crippen LogP contribution in [0.3, 0.4) is 0 Å². The van der Waals surface area contributed by atoms with E-state index in [4.69, 9.17) is 0 Å². The van der Waals surface area contributed by atoms with Crippen LogP contribution in [-0.4, -0.2) is 19.3 Å². The van der Waals surface area contributed by atoms with Crippen molar-refractivity contribution >= 4 is 23.8 Å². The quantitative estimate of drug-likeness (QED) is 0.434. The molecule has 0 aliphatic heterocycles. The number of carbonyl (C=O) groups excluding carboxylic acids is 1. The molecule has 0 atom stereocenters. The smallest absolute Gasteiger partial charge is 0.330 e. The number of benzene rings is 1. The molecule has 0 amide bonds. The predicted molar refractivity (Wildman–Crippen MR) is 59.3 cm³/mol. The lowest BCUT2D eigenvalue weighted by molar-refractivity contribution is -0.134. The van der Waals surface area contributed by atoms with Crippen LogP contribution in [-0.2, 0) is 9.53 Å². The normalized spacial score (nSPS) is 10.4. The number of esters is 1. The Bertz CT molecular complexity index is 345. The van der Waals surface area contributed by atoms with Crippen molar-refractivity contribution in [2.45, 2.75) is 4.90 Å². The van der Waals surface area contributed by atoms with Gasteiger partial charge in [-0.05, 0) is 24.0 Å². The summed E-state index contributed by atoms with van der Waals surface area (Å²) in [6.45, 7) is 0. The molecule has 0 saturated heterocycles. The molecule has 74 valence electrons. The Balaban J connectivity index is 2.85. The van der Waals surface area contributed by atoms with Crippen LogP contribution < -0.4 is 0 Å². The summed E-state index contributed by atoms with van der Waals surface area (Å²) in [7, 11) is 1.37. The summed E-state index contributed by atoms with van der Waals surface area (Å²) in [5, 5.41) is 0. The summed E-state index contributed by atoms with van der Waals surface area (Å²) in [5.41, 5.74) is 1.03. The van der Waals surface area contributed by atoms with E-state index in [2.05, 4.69) is 4.74 Å². The molecule has 3 heteroatoms. The molecule has 0 N–H and O–H groups in total. The highest BCUT2D eigenvalue weighted by molar-refractivity contribution is 7.98. The van der Waals surface area contributed by atoms with Gasteiger partial charge >= 0.3 is 5.97 Å². The van der Waals surface area contributed by atoms with E-state index >= 15 is 0 Å². The second-order valence-corrected chi connectivity index (χ2v) is 3.45. The average molecular weight is 208 g/mol. The van der Waals surface area contributed by atoms with Crippen LogP contribution in [0.2, 0.25) is 0 Å². The number of thioether (sulfide) groups is 1. The van der Waals surface area contributed by atoms with Gasteiger partial charge in [0.15, 0.2) is 0 Å². The summed E-state index contributed by atoms with van der Waals surface area (Å²) >= 11 is 1.65. The van der Waals surface area contributed by atoms with Crippen LogP contribution in [0, 0.1) is 0 Å². The van der Waals surface area contributed by atoms with E-state index in [9.17, 15) is 4.79 Å². The molecule has 1 aromatic carbocycles. The Kier molecular flexibility index (Phi) is 4.26. The number of hydrogen-bond acceptors (Lipinski definition) is 3. The highest BCUT2D eigenvalue weighted by atomic mass is 32.2. The van der Waals surface area contributed by atoms with E-state index in [1.54, 1.807) is 17.8 Å². The molecule has 1 aromatic rings. The second kappa shape index (κ2) is 5.50. The van der Waals surface area contributed by atoms with Crippen LogP contribution in [0.5, 0.6) is 0 Å². The summed E-state index contributed by atoms with van der Waals surface area (Å²) in [4.78, 5) is 12.0. The van der Waals surface area contributed by atoms with Gasteiger partial charge in [-0.1, -0.05) is 18.2 Å². The van der Waals surface area contributed by atoms with E-state index in [0.717, 1.165) is 10.5 Å². The molecule has 0 aliphatic carbocycles. The molecule has 0 aromatic heterocycles. The fraction of sp³-hybridized carbons (Fsp3) is 0.182. The molecule has 0 spiro atoms. The first-order valence-electron chi connectivity index (χ1n) is 4.17. The molecular weight excluding hydrogens is 196 g/mol. The van der Waals surface area contributed by atoms with Crippen molar-refractivity contribution in [2.75, 3.05) is 13.4 Å². The molecule has 2 nitrogen and oxygen atoms in total. The van der Waals surface area contributed by atoms with Crippen molar-refractivity contribution < 1.29 is 9.53 Å². The molecule has 0 radical (unpaired) electrons. The van der Waals surface area contributed by atoms with Gasteiger partial charge < -0.3 is 4.74 Å². The summed E-state index contributed by atoms with van der Waals surface area (Å²) < 4.78 is 4.51. The lowest BCUT2D eigenvalue weighted by atomic mass is 10.2. The van der Waals surface area contributed by atoms with Crippen molar-refractivity contribution in [3.8, 4) is 0 Å². The van der Waals surface area contributed by atoms with Crippen LogP contribution in [0.1, 0.15) is 5.56 Å². The van der Waals surface area contributed by atoms with Gasteiger partial charge in [0, 0.05) is 11.0 Å². The number of ether oxygens (including phenoxy) is 1. The zero-order valence-electron chi connectivity index (χ0n) is 8.19. The third kappa shape index (κ3) is 2.92. The van der Waals surface area contributed by atoms with Gasteiger partial charge in [-0.3, -0.25) is 0 Å². The maximum atomic E-state index is 10.9. The van der Waals surface area contributed by atoms with E-state index in [1.807, 2.05) is 30.5 Å². The Morgan fingerprint density at radius 2 is 2.14 bits per heavy atom. The van der Waals surface area contributed by atoms with Gasteiger partial charge in [-0.25, -0.2) is 4.79 Å². The van der Waals surface area contributed by atoms with Crippen LogP contribution >= 0.6 is 11.8 Å². The lowest BCUT2D eigenvalue weighted by Crippen LogP contribution is -1.93. The maximum absolute atomic E-state index is 10.9. The Hall–Kier alpha value is -1.22. The molecule has 14 heavy (non-hydrogen) atoms. The fourth-order valence-electron chi connectivity index (χ4n) is 1.03. The highest BCUT2D eigenvalue weighted by Crippen LogP contribution is 2.20. The standard InChI is InChI=1S/C11H12O2S/c1-13-11(12)8-7-9-5-3-4-6-10(9)14-2/h3-8H,1-2H3. The Labute approximate surface area is 88.0 Å². The Morgan fingerprint density at radius 3 is 2.79 bits per heavy atom. The minimum absolute atomic E-state index is 0.332. The molecule has 1 rings (SSSR count). The zero-order valence-corrected chi connectivity index (χ0v) is 9.01. The summed E-state index contributed by atoms with van der Waals surface area (Å²) in [5.74, 6) is -0.332. The third-order valence-corrected chi connectivity index (χ3v) is 2.55. The second-order valence-electron chi connectivity index (χ2n) is 2.60. The van der Waals surface area contributed by atoms with Gasteiger partial charge in [0.25, 0.3) is 0 Å². The van der Waals surface area contributed by atoms with E-state index in [0.29, 0.717) is 0 Å². The van der Waals surface area contributed by atoms with Crippen molar-refractivity contribution in [3.63, 3.8) is 0 Å². The maximum Gasteiger partial charge on any atom is 0.330 e. The summed E-state index contributed by atoms with van der Waals surface area (Å²) in [6, 6.07) is 7.89. The largest absolute Gasteiger partial charge is 0.466 e. The predicted octanol–water partition coefficient (Wildman–Crippen LogP) is 2.59. The first-order valence-corrected chi connectivity index (χ1v) is 5.39. The minimum Gasteiger partial charge on any atom is -0.466 e. The van der Waals surface area contributed by atoms with Crippen molar-refractivity contribution in [1.29, 1.82) is 0 Å². The van der Waals surface area contributed by atoms with Gasteiger partial charge in [0.2, 0.25) is 0 Å². The van der Waals surface area contributed by atoms with Crippen molar-refractivity contribution in [2.24, 2.45) is 0 Å². The monoisotopic (exact) mass is 208 g/mol. The van der Waals surface area contributed by atoms with Crippen LogP contribution in [0.25, 0.3) is 6.08 Å². The first kappa shape index (κ1) is 10.9. The SMILES string of the molecule is COC(=O)C=Cc1ccccc1SC. The van der Waals surface area contributed by atoms with Crippen LogP contribution in [0.15, 0.2) is 35.2 Å². The van der Waals surface area contributed by atoms with E-state index in [-0.39, 0.29) is 5.97 Å². The van der Waals surface area contributed by atoms with Crippen molar-refractivity contribution in [3.05, 3.63) is 35.9 Å². The topological polar surface area (TPSA) is 26.3 Å². The number of hydrogen-bond donors (Lipinski definition) is 0. The number of methoxy groups -OCH3 is 1. The van der Waals surface area contributed by atoms with Gasteiger partial charge in [0.1, 0.15) is 0 Å². The third-order valence-electron chi connectivity index (χ3n) is 1.74. The van der Waals surface area contributed by atoms with Crippen molar-refractivity contribution in [1.82, 2.24) is 0 Å². The highest BCUT2D eigenvalue weighted by Gasteiger charge is 1.97. The molecule has 0 aliphatic rings. The van der Waals surface area contributed by atoms with Gasteiger partial charge in [0.05, 0.1) is 7.11 Å². The molecule has 0 unspecified atom stereocenters. The molecule has 0 saturated carbocycles.